The number of fused-ring (bicyclic) bond motifs is 6. The van der Waals surface area contributed by atoms with Crippen LogP contribution in [-0.4, -0.2) is 24.3 Å². The summed E-state index contributed by atoms with van der Waals surface area (Å²) < 4.78 is 3.05. The molecule has 0 aliphatic carbocycles. The number of nitrogens with zero attached hydrogens (tertiary/aromatic N) is 5. The van der Waals surface area contributed by atoms with E-state index in [1.807, 2.05) is 72.9 Å². The number of pyridine rings is 1. The molecule has 0 saturated heterocycles. The van der Waals surface area contributed by atoms with Gasteiger partial charge in [0.15, 0.2) is 17.5 Å². The van der Waals surface area contributed by atoms with Gasteiger partial charge in [-0.05, 0) is 39.5 Å². The quantitative estimate of drug-likeness (QED) is 0.222. The first kappa shape index (κ1) is 20.9. The molecule has 0 saturated carbocycles. The number of imidazole rings is 1. The molecule has 4 aromatic carbocycles. The Morgan fingerprint density at radius 1 is 0.528 bits per heavy atom. The van der Waals surface area contributed by atoms with Crippen LogP contribution >= 0.6 is 15.9 Å². The predicted molar refractivity (Wildman–Crippen MR) is 148 cm³/mol. The summed E-state index contributed by atoms with van der Waals surface area (Å²) in [6.07, 6.45) is 1.85. The van der Waals surface area contributed by atoms with E-state index in [2.05, 4.69) is 61.7 Å². The topological polar surface area (TPSA) is 56.0 Å². The van der Waals surface area contributed by atoms with Crippen LogP contribution in [-0.2, 0) is 0 Å². The molecule has 170 valence electrons. The van der Waals surface area contributed by atoms with Crippen molar-refractivity contribution in [3.63, 3.8) is 0 Å². The van der Waals surface area contributed by atoms with Crippen molar-refractivity contribution in [1.29, 1.82) is 0 Å². The number of rotatable bonds is 3. The second-order valence-electron chi connectivity index (χ2n) is 8.56. The van der Waals surface area contributed by atoms with Crippen LogP contribution in [0.5, 0.6) is 0 Å². The highest BCUT2D eigenvalue weighted by Crippen LogP contribution is 2.34. The zero-order valence-corrected chi connectivity index (χ0v) is 20.6. The first-order chi connectivity index (χ1) is 17.8. The maximum atomic E-state index is 4.91. The standard InChI is InChI=1S/C30H18BrN5/c31-26-18-32-30-23-14-8-7-13-22(23)24-17-21(15-16-25(24)36(26)30)29-34-27(19-9-3-1-4-10-19)33-28(35-29)20-11-5-2-6-12-20/h1-18H. The van der Waals surface area contributed by atoms with Crippen LogP contribution in [0.4, 0.5) is 0 Å². The van der Waals surface area contributed by atoms with Crippen molar-refractivity contribution in [2.75, 3.05) is 0 Å². The zero-order valence-electron chi connectivity index (χ0n) is 19.0. The first-order valence-electron chi connectivity index (χ1n) is 11.6. The van der Waals surface area contributed by atoms with E-state index in [-0.39, 0.29) is 0 Å². The molecule has 6 heteroatoms. The minimum absolute atomic E-state index is 0.637. The first-order valence-corrected chi connectivity index (χ1v) is 12.4. The predicted octanol–water partition coefficient (Wildman–Crippen LogP) is 7.59. The molecular formula is C30H18BrN5. The van der Waals surface area contributed by atoms with Crippen LogP contribution in [0.25, 0.3) is 61.5 Å². The fourth-order valence-electron chi connectivity index (χ4n) is 4.69. The maximum absolute atomic E-state index is 4.91. The SMILES string of the molecule is Brc1cnc2c3ccccc3c3cc(-c4nc(-c5ccccc5)nc(-c5ccccc5)n4)ccc3n12. The summed E-state index contributed by atoms with van der Waals surface area (Å²) in [7, 11) is 0. The van der Waals surface area contributed by atoms with Gasteiger partial charge in [-0.2, -0.15) is 0 Å². The normalized spacial score (nSPS) is 11.5. The van der Waals surface area contributed by atoms with E-state index < -0.39 is 0 Å². The molecule has 0 fully saturated rings. The molecule has 0 N–H and O–H groups in total. The Morgan fingerprint density at radius 2 is 1.08 bits per heavy atom. The van der Waals surface area contributed by atoms with E-state index in [0.29, 0.717) is 17.5 Å². The summed E-state index contributed by atoms with van der Waals surface area (Å²) in [5.74, 6) is 1.94. The summed E-state index contributed by atoms with van der Waals surface area (Å²) in [5, 5.41) is 3.34. The highest BCUT2D eigenvalue weighted by atomic mass is 79.9. The Kier molecular flexibility index (Phi) is 4.85. The fraction of sp³-hybridized carbons (Fsp3) is 0. The Labute approximate surface area is 215 Å². The summed E-state index contributed by atoms with van der Waals surface area (Å²) in [4.78, 5) is 19.3. The molecule has 36 heavy (non-hydrogen) atoms. The lowest BCUT2D eigenvalue weighted by Gasteiger charge is -2.12. The third kappa shape index (κ3) is 3.38. The van der Waals surface area contributed by atoms with Crippen LogP contribution in [0.2, 0.25) is 0 Å². The van der Waals surface area contributed by atoms with Gasteiger partial charge in [0.2, 0.25) is 0 Å². The summed E-state index contributed by atoms with van der Waals surface area (Å²) in [6.45, 7) is 0. The number of halogens is 1. The zero-order chi connectivity index (χ0) is 24.1. The summed E-state index contributed by atoms with van der Waals surface area (Å²) in [6, 6.07) is 34.8. The van der Waals surface area contributed by atoms with Gasteiger partial charge in [-0.15, -0.1) is 0 Å². The van der Waals surface area contributed by atoms with Gasteiger partial charge < -0.3 is 0 Å². The average molecular weight is 528 g/mol. The molecule has 5 nitrogen and oxygen atoms in total. The van der Waals surface area contributed by atoms with Crippen molar-refractivity contribution in [3.8, 4) is 34.2 Å². The van der Waals surface area contributed by atoms with E-state index in [0.717, 1.165) is 48.6 Å². The van der Waals surface area contributed by atoms with Gasteiger partial charge in [-0.3, -0.25) is 4.40 Å². The lowest BCUT2D eigenvalue weighted by molar-refractivity contribution is 1.07. The minimum atomic E-state index is 0.637. The highest BCUT2D eigenvalue weighted by Gasteiger charge is 2.16. The van der Waals surface area contributed by atoms with Crippen molar-refractivity contribution in [2.45, 2.75) is 0 Å². The van der Waals surface area contributed by atoms with Gasteiger partial charge >= 0.3 is 0 Å². The van der Waals surface area contributed by atoms with Crippen LogP contribution < -0.4 is 0 Å². The highest BCUT2D eigenvalue weighted by molar-refractivity contribution is 9.10. The molecule has 0 bridgehead atoms. The number of hydrogen-bond donors (Lipinski definition) is 0. The molecule has 0 unspecified atom stereocenters. The molecule has 0 radical (unpaired) electrons. The van der Waals surface area contributed by atoms with E-state index in [9.17, 15) is 0 Å². The van der Waals surface area contributed by atoms with E-state index in [4.69, 9.17) is 15.0 Å². The van der Waals surface area contributed by atoms with Crippen molar-refractivity contribution in [1.82, 2.24) is 24.3 Å². The molecule has 0 aliphatic heterocycles. The largest absolute Gasteiger partial charge is 0.286 e. The number of aromatic nitrogens is 5. The third-order valence-corrected chi connectivity index (χ3v) is 6.93. The molecule has 0 aliphatic rings. The molecule has 3 heterocycles. The summed E-state index contributed by atoms with van der Waals surface area (Å²) in [5.41, 5.74) is 4.83. The van der Waals surface area contributed by atoms with Crippen LogP contribution in [0.3, 0.4) is 0 Å². The van der Waals surface area contributed by atoms with Gasteiger partial charge in [0.1, 0.15) is 10.3 Å². The molecule has 0 atom stereocenters. The molecule has 3 aromatic heterocycles. The van der Waals surface area contributed by atoms with E-state index in [1.54, 1.807) is 0 Å². The minimum Gasteiger partial charge on any atom is -0.286 e. The monoisotopic (exact) mass is 527 g/mol. The Balaban J connectivity index is 1.51. The van der Waals surface area contributed by atoms with Crippen molar-refractivity contribution in [2.24, 2.45) is 0 Å². The van der Waals surface area contributed by atoms with E-state index >= 15 is 0 Å². The number of benzene rings is 4. The molecule has 7 rings (SSSR count). The van der Waals surface area contributed by atoms with Crippen LogP contribution in [0.15, 0.2) is 114 Å². The Hall–Kier alpha value is -4.42. The Morgan fingerprint density at radius 3 is 1.72 bits per heavy atom. The van der Waals surface area contributed by atoms with Crippen LogP contribution in [0, 0.1) is 0 Å². The smallest absolute Gasteiger partial charge is 0.164 e. The van der Waals surface area contributed by atoms with Crippen molar-refractivity contribution in [3.05, 3.63) is 114 Å². The average Bonchev–Trinajstić information content (AvgIpc) is 3.35. The van der Waals surface area contributed by atoms with E-state index in [1.165, 1.54) is 0 Å². The molecular weight excluding hydrogens is 510 g/mol. The second kappa shape index (κ2) is 8.36. The third-order valence-electron chi connectivity index (χ3n) is 6.37. The van der Waals surface area contributed by atoms with Crippen molar-refractivity contribution >= 4 is 43.3 Å². The van der Waals surface area contributed by atoms with Crippen LogP contribution in [0.1, 0.15) is 0 Å². The van der Waals surface area contributed by atoms with Gasteiger partial charge in [-0.25, -0.2) is 19.9 Å². The lowest BCUT2D eigenvalue weighted by atomic mass is 10.0. The lowest BCUT2D eigenvalue weighted by Crippen LogP contribution is -2.00. The van der Waals surface area contributed by atoms with Gasteiger partial charge in [0.05, 0.1) is 11.7 Å². The summed E-state index contributed by atoms with van der Waals surface area (Å²) >= 11 is 3.68. The fourth-order valence-corrected chi connectivity index (χ4v) is 5.15. The van der Waals surface area contributed by atoms with Gasteiger partial charge in [0, 0.05) is 27.5 Å². The van der Waals surface area contributed by atoms with Gasteiger partial charge in [0.25, 0.3) is 0 Å². The Bertz CT molecular complexity index is 1840. The maximum Gasteiger partial charge on any atom is 0.164 e. The molecule has 7 aromatic rings. The second-order valence-corrected chi connectivity index (χ2v) is 9.37. The molecule has 0 amide bonds. The number of hydrogen-bond acceptors (Lipinski definition) is 4. The van der Waals surface area contributed by atoms with Gasteiger partial charge in [-0.1, -0.05) is 84.9 Å². The van der Waals surface area contributed by atoms with Crippen molar-refractivity contribution < 1.29 is 0 Å². The molecule has 0 spiro atoms.